The van der Waals surface area contributed by atoms with E-state index in [0.29, 0.717) is 22.5 Å². The first-order valence-corrected chi connectivity index (χ1v) is 9.69. The van der Waals surface area contributed by atoms with Gasteiger partial charge in [0.1, 0.15) is 5.75 Å². The van der Waals surface area contributed by atoms with Gasteiger partial charge in [0.25, 0.3) is 5.91 Å². The van der Waals surface area contributed by atoms with E-state index < -0.39 is 11.5 Å². The van der Waals surface area contributed by atoms with Crippen LogP contribution in [-0.2, 0) is 14.1 Å². The summed E-state index contributed by atoms with van der Waals surface area (Å²) in [4.78, 5) is 25.6. The second-order valence-electron chi connectivity index (χ2n) is 6.93. The Labute approximate surface area is 186 Å². The van der Waals surface area contributed by atoms with Gasteiger partial charge in [0, 0.05) is 43.1 Å². The van der Waals surface area contributed by atoms with E-state index in [9.17, 15) is 13.6 Å². The number of pyridine rings is 1. The van der Waals surface area contributed by atoms with Gasteiger partial charge in [-0.05, 0) is 30.3 Å². The quantitative estimate of drug-likeness (QED) is 0.435. The predicted molar refractivity (Wildman–Crippen MR) is 114 cm³/mol. The molecule has 0 saturated heterocycles. The summed E-state index contributed by atoms with van der Waals surface area (Å²) in [7, 11) is 3.70. The number of nitrogens with one attached hydrogen (secondary N) is 1. The van der Waals surface area contributed by atoms with Crippen molar-refractivity contribution in [1.29, 1.82) is 0 Å². The molecule has 0 fully saturated rings. The molecule has 32 heavy (non-hydrogen) atoms. The Morgan fingerprint density at radius 2 is 1.66 bits per heavy atom. The highest BCUT2D eigenvalue weighted by molar-refractivity contribution is 6.20. The van der Waals surface area contributed by atoms with Gasteiger partial charge in [-0.15, -0.1) is 8.78 Å². The van der Waals surface area contributed by atoms with E-state index in [1.165, 1.54) is 30.5 Å². The minimum Gasteiger partial charge on any atom is -0.420 e. The van der Waals surface area contributed by atoms with E-state index in [1.54, 1.807) is 31.1 Å². The molecule has 3 aromatic heterocycles. The number of aryl methyl sites for hydroxylation is 2. The number of hydrogen-bond acceptors (Lipinski definition) is 5. The lowest BCUT2D eigenvalue weighted by Gasteiger charge is -2.13. The number of imidazole rings is 2. The van der Waals surface area contributed by atoms with E-state index in [2.05, 4.69) is 25.0 Å². The molecule has 0 radical (unpaired) electrons. The van der Waals surface area contributed by atoms with Gasteiger partial charge < -0.3 is 19.2 Å². The Kier molecular flexibility index (Phi) is 5.62. The Morgan fingerprint density at radius 3 is 2.22 bits per heavy atom. The molecule has 8 nitrogen and oxygen atoms in total. The summed E-state index contributed by atoms with van der Waals surface area (Å²) in [5, 5.41) is 2.71. The van der Waals surface area contributed by atoms with Gasteiger partial charge in [-0.25, -0.2) is 9.97 Å². The van der Waals surface area contributed by atoms with Crippen molar-refractivity contribution in [3.63, 3.8) is 0 Å². The number of carbonyl (C=O) groups is 1. The van der Waals surface area contributed by atoms with Crippen LogP contribution < -0.4 is 10.1 Å². The van der Waals surface area contributed by atoms with E-state index in [1.807, 2.05) is 23.2 Å². The molecule has 11 heteroatoms. The molecule has 0 aliphatic heterocycles. The van der Waals surface area contributed by atoms with Crippen LogP contribution >= 0.6 is 11.6 Å². The highest BCUT2D eigenvalue weighted by Gasteiger charge is 2.27. The lowest BCUT2D eigenvalue weighted by molar-refractivity contribution is -0.0964. The average molecular weight is 459 g/mol. The van der Waals surface area contributed by atoms with Crippen LogP contribution in [0.25, 0.3) is 22.6 Å². The molecule has 0 unspecified atom stereocenters. The number of ether oxygens (including phenoxy) is 1. The van der Waals surface area contributed by atoms with Crippen LogP contribution in [0.1, 0.15) is 10.4 Å². The third-order valence-electron chi connectivity index (χ3n) is 4.65. The monoisotopic (exact) mass is 458 g/mol. The zero-order chi connectivity index (χ0) is 22.9. The first-order chi connectivity index (χ1) is 15.2. The van der Waals surface area contributed by atoms with Crippen LogP contribution in [0, 0.1) is 0 Å². The Bertz CT molecular complexity index is 1260. The molecule has 1 N–H and O–H groups in total. The number of aromatic nitrogens is 5. The van der Waals surface area contributed by atoms with E-state index in [4.69, 9.17) is 11.6 Å². The molecule has 0 aliphatic rings. The number of alkyl halides is 3. The Morgan fingerprint density at radius 1 is 1.03 bits per heavy atom. The van der Waals surface area contributed by atoms with E-state index in [-0.39, 0.29) is 5.75 Å². The zero-order valence-corrected chi connectivity index (χ0v) is 17.7. The second-order valence-corrected chi connectivity index (χ2v) is 7.37. The molecule has 3 heterocycles. The molecule has 164 valence electrons. The van der Waals surface area contributed by atoms with Crippen molar-refractivity contribution in [3.8, 4) is 28.4 Å². The van der Waals surface area contributed by atoms with Crippen molar-refractivity contribution in [2.75, 3.05) is 5.32 Å². The van der Waals surface area contributed by atoms with Gasteiger partial charge in [-0.1, -0.05) is 0 Å². The van der Waals surface area contributed by atoms with Gasteiger partial charge in [0.05, 0.1) is 47.7 Å². The summed E-state index contributed by atoms with van der Waals surface area (Å²) in [6, 6.07) is 7.12. The van der Waals surface area contributed by atoms with Crippen molar-refractivity contribution in [2.45, 2.75) is 5.57 Å². The SMILES string of the molecule is Cn1cncc1-c1cc(C(=O)Nc2ccc(OC(F)(F)Cl)cc2)cnc1-c1cncn1C. The number of benzene rings is 1. The molecule has 1 amide bonds. The first-order valence-electron chi connectivity index (χ1n) is 9.32. The van der Waals surface area contributed by atoms with E-state index in [0.717, 1.165) is 11.4 Å². The smallest absolute Gasteiger partial charge is 0.420 e. The molecule has 1 aromatic carbocycles. The summed E-state index contributed by atoms with van der Waals surface area (Å²) >= 11 is 4.76. The van der Waals surface area contributed by atoms with Crippen LogP contribution in [0.5, 0.6) is 5.75 Å². The fraction of sp³-hybridized carbons (Fsp3) is 0.143. The first kappa shape index (κ1) is 21.4. The van der Waals surface area contributed by atoms with Gasteiger partial charge >= 0.3 is 5.57 Å². The highest BCUT2D eigenvalue weighted by Crippen LogP contribution is 2.31. The highest BCUT2D eigenvalue weighted by atomic mass is 35.5. The van der Waals surface area contributed by atoms with Crippen molar-refractivity contribution >= 4 is 23.2 Å². The summed E-state index contributed by atoms with van der Waals surface area (Å²) in [6.07, 6.45) is 8.16. The summed E-state index contributed by atoms with van der Waals surface area (Å²) in [5.41, 5.74) is -0.221. The molecule has 4 aromatic rings. The zero-order valence-electron chi connectivity index (χ0n) is 17.0. The van der Waals surface area contributed by atoms with Crippen molar-refractivity contribution in [1.82, 2.24) is 24.1 Å². The number of halogens is 3. The summed E-state index contributed by atoms with van der Waals surface area (Å²) in [5.74, 6) is -0.558. The fourth-order valence-electron chi connectivity index (χ4n) is 3.13. The maximum Gasteiger partial charge on any atom is 0.487 e. The van der Waals surface area contributed by atoms with Crippen LogP contribution in [0.3, 0.4) is 0 Å². The molecule has 4 rings (SSSR count). The third-order valence-corrected chi connectivity index (χ3v) is 4.72. The van der Waals surface area contributed by atoms with Crippen molar-refractivity contribution < 1.29 is 18.3 Å². The molecular weight excluding hydrogens is 442 g/mol. The van der Waals surface area contributed by atoms with Gasteiger partial charge in [-0.2, -0.15) is 0 Å². The maximum absolute atomic E-state index is 12.8. The number of anilines is 1. The van der Waals surface area contributed by atoms with Crippen LogP contribution in [0.4, 0.5) is 14.5 Å². The number of nitrogens with zero attached hydrogens (tertiary/aromatic N) is 5. The molecule has 0 saturated carbocycles. The topological polar surface area (TPSA) is 86.9 Å². The van der Waals surface area contributed by atoms with Crippen molar-refractivity contribution in [3.05, 3.63) is 67.1 Å². The Hall–Kier alpha value is -3.79. The summed E-state index contributed by atoms with van der Waals surface area (Å²) in [6.45, 7) is 0. The molecule has 0 atom stereocenters. The van der Waals surface area contributed by atoms with Gasteiger partial charge in [0.15, 0.2) is 0 Å². The van der Waals surface area contributed by atoms with Gasteiger partial charge in [-0.3, -0.25) is 9.78 Å². The number of hydrogen-bond donors (Lipinski definition) is 1. The lowest BCUT2D eigenvalue weighted by atomic mass is 10.1. The van der Waals surface area contributed by atoms with E-state index >= 15 is 0 Å². The number of amides is 1. The molecule has 0 aliphatic carbocycles. The molecule has 0 bridgehead atoms. The van der Waals surface area contributed by atoms with Crippen molar-refractivity contribution in [2.24, 2.45) is 14.1 Å². The second kappa shape index (κ2) is 8.39. The lowest BCUT2D eigenvalue weighted by Crippen LogP contribution is -2.16. The van der Waals surface area contributed by atoms with Crippen LogP contribution in [-0.4, -0.2) is 35.6 Å². The predicted octanol–water partition coefficient (Wildman–Crippen LogP) is 4.30. The minimum absolute atomic E-state index is 0.135. The van der Waals surface area contributed by atoms with Crippen LogP contribution in [0.15, 0.2) is 61.6 Å². The maximum atomic E-state index is 12.8. The third kappa shape index (κ3) is 4.59. The largest absolute Gasteiger partial charge is 0.487 e. The van der Waals surface area contributed by atoms with Crippen LogP contribution in [0.2, 0.25) is 0 Å². The molecule has 0 spiro atoms. The summed E-state index contributed by atoms with van der Waals surface area (Å²) < 4.78 is 33.4. The van der Waals surface area contributed by atoms with Gasteiger partial charge in [0.2, 0.25) is 0 Å². The fourth-order valence-corrected chi connectivity index (χ4v) is 3.22. The molecular formula is C21H17ClF2N6O2. The number of rotatable bonds is 6. The Balaban J connectivity index is 1.63. The normalized spacial score (nSPS) is 11.4. The number of carbonyl (C=O) groups excluding carboxylic acids is 1. The standard InChI is InChI=1S/C21H17ClF2N6O2/c1-29-11-25-9-17(29)16-7-13(8-27-19(16)18-10-26-12-30(18)2)20(31)28-14-3-5-15(6-4-14)32-21(22,23)24/h3-12H,1-2H3,(H,28,31). The average Bonchev–Trinajstić information content (AvgIpc) is 3.36. The minimum atomic E-state index is -3.81.